The summed E-state index contributed by atoms with van der Waals surface area (Å²) in [5.41, 5.74) is 12.7. The summed E-state index contributed by atoms with van der Waals surface area (Å²) in [6, 6.07) is 31.2. The quantitative estimate of drug-likeness (QED) is 0.0824. The van der Waals surface area contributed by atoms with Crippen LogP contribution < -0.4 is 0 Å². The van der Waals surface area contributed by atoms with Crippen LogP contribution in [0.25, 0.3) is 45.3 Å². The van der Waals surface area contributed by atoms with Crippen molar-refractivity contribution < 1.29 is 0 Å². The Bertz CT molecular complexity index is 1750. The summed E-state index contributed by atoms with van der Waals surface area (Å²) < 4.78 is 0. The minimum absolute atomic E-state index is 0.707. The molecule has 3 heteroatoms. The molecule has 1 heterocycles. The van der Waals surface area contributed by atoms with E-state index in [1.54, 1.807) is 0 Å². The number of rotatable bonds is 19. The molecule has 0 saturated carbocycles. The van der Waals surface area contributed by atoms with Gasteiger partial charge in [0, 0.05) is 16.7 Å². The Morgan fingerprint density at radius 2 is 0.820 bits per heavy atom. The van der Waals surface area contributed by atoms with Crippen molar-refractivity contribution in [2.75, 3.05) is 0 Å². The molecule has 1 aromatic heterocycles. The first-order valence-corrected chi connectivity index (χ1v) is 19.6. The van der Waals surface area contributed by atoms with Gasteiger partial charge in [0.15, 0.2) is 17.5 Å². The summed E-state index contributed by atoms with van der Waals surface area (Å²) in [5, 5.41) is 0. The average Bonchev–Trinajstić information content (AvgIpc) is 3.15. The third kappa shape index (κ3) is 10.5. The Kier molecular flexibility index (Phi) is 14.4. The monoisotopic (exact) mass is 665 g/mol. The lowest BCUT2D eigenvalue weighted by Crippen LogP contribution is -2.01. The number of aryl methyl sites for hydroxylation is 5. The second-order valence-corrected chi connectivity index (χ2v) is 14.3. The fourth-order valence-electron chi connectivity index (χ4n) is 6.88. The Balaban J connectivity index is 1.47. The summed E-state index contributed by atoms with van der Waals surface area (Å²) >= 11 is 0. The topological polar surface area (TPSA) is 38.7 Å². The van der Waals surface area contributed by atoms with Gasteiger partial charge in [-0.05, 0) is 85.8 Å². The van der Waals surface area contributed by atoms with Crippen LogP contribution in [0.4, 0.5) is 0 Å². The van der Waals surface area contributed by atoms with Crippen LogP contribution in [0.15, 0.2) is 84.9 Å². The molecular formula is C47H59N3. The van der Waals surface area contributed by atoms with Gasteiger partial charge in [-0.25, -0.2) is 15.0 Å². The summed E-state index contributed by atoms with van der Waals surface area (Å²) in [7, 11) is 0. The second-order valence-electron chi connectivity index (χ2n) is 14.3. The summed E-state index contributed by atoms with van der Waals surface area (Å²) in [4.78, 5) is 15.1. The van der Waals surface area contributed by atoms with Crippen molar-refractivity contribution in [1.82, 2.24) is 15.0 Å². The first-order valence-electron chi connectivity index (χ1n) is 19.6. The molecule has 5 aromatic rings. The van der Waals surface area contributed by atoms with E-state index in [1.807, 2.05) is 0 Å². The number of hydrogen-bond donors (Lipinski definition) is 0. The maximum absolute atomic E-state index is 5.06. The molecule has 3 nitrogen and oxygen atoms in total. The Morgan fingerprint density at radius 1 is 0.400 bits per heavy atom. The van der Waals surface area contributed by atoms with Crippen LogP contribution in [-0.2, 0) is 19.3 Å². The van der Waals surface area contributed by atoms with E-state index in [9.17, 15) is 0 Å². The molecule has 0 aliphatic heterocycles. The molecule has 0 spiro atoms. The number of benzene rings is 4. The minimum atomic E-state index is 0.707. The number of nitrogens with zero attached hydrogens (tertiary/aromatic N) is 3. The van der Waals surface area contributed by atoms with Crippen molar-refractivity contribution in [2.45, 2.75) is 131 Å². The van der Waals surface area contributed by atoms with Gasteiger partial charge in [-0.2, -0.15) is 0 Å². The van der Waals surface area contributed by atoms with Gasteiger partial charge in [-0.15, -0.1) is 0 Å². The Morgan fingerprint density at radius 3 is 1.32 bits per heavy atom. The maximum atomic E-state index is 5.06. The van der Waals surface area contributed by atoms with Gasteiger partial charge in [-0.1, -0.05) is 169 Å². The molecule has 0 amide bonds. The minimum Gasteiger partial charge on any atom is -0.208 e. The molecule has 5 rings (SSSR count). The van der Waals surface area contributed by atoms with Crippen molar-refractivity contribution >= 4 is 0 Å². The summed E-state index contributed by atoms with van der Waals surface area (Å²) in [5.74, 6) is 2.13. The van der Waals surface area contributed by atoms with Crippen LogP contribution in [0, 0.1) is 13.8 Å². The summed E-state index contributed by atoms with van der Waals surface area (Å²) in [6.45, 7) is 11.3. The third-order valence-electron chi connectivity index (χ3n) is 10.1. The molecule has 0 aliphatic carbocycles. The second kappa shape index (κ2) is 19.3. The van der Waals surface area contributed by atoms with Gasteiger partial charge in [0.1, 0.15) is 0 Å². The van der Waals surface area contributed by atoms with E-state index in [2.05, 4.69) is 120 Å². The van der Waals surface area contributed by atoms with Crippen LogP contribution in [0.5, 0.6) is 0 Å². The van der Waals surface area contributed by atoms with E-state index in [0.717, 1.165) is 36.0 Å². The molecule has 0 N–H and O–H groups in total. The highest BCUT2D eigenvalue weighted by Crippen LogP contribution is 2.32. The van der Waals surface area contributed by atoms with Crippen LogP contribution >= 0.6 is 0 Å². The smallest absolute Gasteiger partial charge is 0.164 e. The lowest BCUT2D eigenvalue weighted by molar-refractivity contribution is 0.662. The fourth-order valence-corrected chi connectivity index (χ4v) is 6.88. The molecule has 50 heavy (non-hydrogen) atoms. The normalized spacial score (nSPS) is 11.3. The van der Waals surface area contributed by atoms with Gasteiger partial charge in [-0.3, -0.25) is 0 Å². The SMILES string of the molecule is CCCCCCc1ccc(-c2nc(-c3ccc(C)cc3)nc(-c3ccc(-c4cc(CCCCCC)c(C)cc4CCCCCC)cc3)n2)cc1. The fraction of sp³-hybridized carbons (Fsp3) is 0.426. The molecule has 0 aliphatic rings. The predicted molar refractivity (Wildman–Crippen MR) is 215 cm³/mol. The zero-order valence-corrected chi connectivity index (χ0v) is 31.5. The summed E-state index contributed by atoms with van der Waals surface area (Å²) in [6.07, 6.45) is 18.7. The van der Waals surface area contributed by atoms with E-state index >= 15 is 0 Å². The number of unbranched alkanes of at least 4 members (excludes halogenated alkanes) is 9. The highest BCUT2D eigenvalue weighted by atomic mass is 15.0. The lowest BCUT2D eigenvalue weighted by atomic mass is 9.89. The highest BCUT2D eigenvalue weighted by Gasteiger charge is 2.15. The van der Waals surface area contributed by atoms with E-state index in [1.165, 1.54) is 116 Å². The van der Waals surface area contributed by atoms with Crippen LogP contribution in [0.2, 0.25) is 0 Å². The first kappa shape index (κ1) is 37.2. The van der Waals surface area contributed by atoms with E-state index < -0.39 is 0 Å². The maximum Gasteiger partial charge on any atom is 0.164 e. The predicted octanol–water partition coefficient (Wildman–Crippen LogP) is 13.5. The van der Waals surface area contributed by atoms with Gasteiger partial charge >= 0.3 is 0 Å². The van der Waals surface area contributed by atoms with Crippen LogP contribution in [0.1, 0.15) is 126 Å². The van der Waals surface area contributed by atoms with Crippen molar-refractivity contribution in [2.24, 2.45) is 0 Å². The van der Waals surface area contributed by atoms with Crippen molar-refractivity contribution in [3.05, 3.63) is 113 Å². The van der Waals surface area contributed by atoms with E-state index in [0.29, 0.717) is 17.5 Å². The van der Waals surface area contributed by atoms with Crippen molar-refractivity contribution in [1.29, 1.82) is 0 Å². The molecular weight excluding hydrogens is 607 g/mol. The lowest BCUT2D eigenvalue weighted by Gasteiger charge is -2.16. The van der Waals surface area contributed by atoms with Gasteiger partial charge in [0.2, 0.25) is 0 Å². The molecule has 0 bridgehead atoms. The van der Waals surface area contributed by atoms with Crippen molar-refractivity contribution in [3.63, 3.8) is 0 Å². The van der Waals surface area contributed by atoms with Crippen LogP contribution in [-0.4, -0.2) is 15.0 Å². The Hall–Kier alpha value is -4.11. The average molecular weight is 666 g/mol. The highest BCUT2D eigenvalue weighted by molar-refractivity contribution is 5.73. The van der Waals surface area contributed by atoms with Gasteiger partial charge < -0.3 is 0 Å². The molecule has 4 aromatic carbocycles. The van der Waals surface area contributed by atoms with Crippen LogP contribution in [0.3, 0.4) is 0 Å². The van der Waals surface area contributed by atoms with E-state index in [4.69, 9.17) is 15.0 Å². The largest absolute Gasteiger partial charge is 0.208 e. The van der Waals surface area contributed by atoms with Crippen molar-refractivity contribution in [3.8, 4) is 45.3 Å². The Labute approximate surface area is 303 Å². The van der Waals surface area contributed by atoms with Gasteiger partial charge in [0.05, 0.1) is 0 Å². The molecule has 262 valence electrons. The first-order chi connectivity index (χ1) is 24.5. The molecule has 0 radical (unpaired) electrons. The number of hydrogen-bond acceptors (Lipinski definition) is 3. The molecule has 0 saturated heterocycles. The molecule has 0 unspecified atom stereocenters. The van der Waals surface area contributed by atoms with E-state index in [-0.39, 0.29) is 0 Å². The zero-order valence-electron chi connectivity index (χ0n) is 31.5. The molecule has 0 fully saturated rings. The number of aromatic nitrogens is 3. The zero-order chi connectivity index (χ0) is 35.1. The third-order valence-corrected chi connectivity index (χ3v) is 10.1. The standard InChI is InChI=1S/C47H59N3/c1-6-9-12-15-18-37-23-27-40(28-24-37)46-48-45(39-25-21-35(4)22-26-39)49-47(50-46)41-31-29-38(30-32-41)44-34-42(19-16-13-10-7-2)36(5)33-43(44)20-17-14-11-8-3/h21-34H,6-20H2,1-5H3. The molecule has 0 atom stereocenters. The van der Waals surface area contributed by atoms with Gasteiger partial charge in [0.25, 0.3) is 0 Å².